The van der Waals surface area contributed by atoms with Crippen molar-refractivity contribution >= 4 is 53.7 Å². The van der Waals surface area contributed by atoms with Crippen molar-refractivity contribution in [1.82, 2.24) is 4.57 Å². The van der Waals surface area contributed by atoms with Crippen molar-refractivity contribution in [3.8, 4) is 5.69 Å². The number of aromatic nitrogens is 1. The summed E-state index contributed by atoms with van der Waals surface area (Å²) < 4.78 is 4.50. The van der Waals surface area contributed by atoms with E-state index in [4.69, 9.17) is 0 Å². The van der Waals surface area contributed by atoms with Gasteiger partial charge in [0.25, 0.3) is 0 Å². The van der Waals surface area contributed by atoms with Crippen LogP contribution >= 0.6 is 31.9 Å². The molecule has 3 aromatic carbocycles. The van der Waals surface area contributed by atoms with Crippen molar-refractivity contribution < 1.29 is 0 Å². The molecule has 0 atom stereocenters. The number of rotatable bonds is 1. The van der Waals surface area contributed by atoms with E-state index in [1.54, 1.807) is 0 Å². The van der Waals surface area contributed by atoms with Gasteiger partial charge in [0.15, 0.2) is 0 Å². The van der Waals surface area contributed by atoms with Gasteiger partial charge in [0.05, 0.1) is 11.0 Å². The van der Waals surface area contributed by atoms with Crippen molar-refractivity contribution in [1.29, 1.82) is 0 Å². The first kappa shape index (κ1) is 14.0. The molecule has 4 rings (SSSR count). The highest BCUT2D eigenvalue weighted by Crippen LogP contribution is 2.34. The zero-order chi connectivity index (χ0) is 15.3. The van der Waals surface area contributed by atoms with Gasteiger partial charge in [-0.05, 0) is 43.3 Å². The summed E-state index contributed by atoms with van der Waals surface area (Å²) in [5, 5.41) is 2.54. The number of hydrogen-bond donors (Lipinski definition) is 0. The Morgan fingerprint density at radius 3 is 1.68 bits per heavy atom. The van der Waals surface area contributed by atoms with Crippen LogP contribution in [0.25, 0.3) is 27.5 Å². The van der Waals surface area contributed by atoms with Crippen LogP contribution in [0.4, 0.5) is 0 Å². The molecule has 0 N–H and O–H groups in total. The van der Waals surface area contributed by atoms with Gasteiger partial charge in [-0.15, -0.1) is 0 Å². The van der Waals surface area contributed by atoms with Crippen LogP contribution in [-0.2, 0) is 0 Å². The molecular weight excluding hydrogens is 402 g/mol. The largest absolute Gasteiger partial charge is 0.309 e. The fraction of sp³-hybridized carbons (Fsp3) is 0.0526. The van der Waals surface area contributed by atoms with Crippen LogP contribution < -0.4 is 0 Å². The molecule has 0 aliphatic heterocycles. The molecule has 0 fully saturated rings. The fourth-order valence-electron chi connectivity index (χ4n) is 2.94. The normalized spacial score (nSPS) is 11.4. The lowest BCUT2D eigenvalue weighted by atomic mass is 10.2. The van der Waals surface area contributed by atoms with Crippen molar-refractivity contribution in [2.24, 2.45) is 0 Å². The van der Waals surface area contributed by atoms with Gasteiger partial charge in [-0.25, -0.2) is 0 Å². The van der Waals surface area contributed by atoms with Crippen LogP contribution in [-0.4, -0.2) is 4.57 Å². The molecule has 108 valence electrons. The van der Waals surface area contributed by atoms with E-state index in [0.29, 0.717) is 0 Å². The van der Waals surface area contributed by atoms with Crippen LogP contribution in [0.1, 0.15) is 5.56 Å². The SMILES string of the molecule is Cc1ccc(-n2c3cc(Br)ccc3c3ccc(Br)cc32)cc1. The summed E-state index contributed by atoms with van der Waals surface area (Å²) in [5.41, 5.74) is 4.88. The molecule has 22 heavy (non-hydrogen) atoms. The number of aryl methyl sites for hydroxylation is 1. The molecule has 1 aromatic heterocycles. The number of fused-ring (bicyclic) bond motifs is 3. The fourth-order valence-corrected chi connectivity index (χ4v) is 3.63. The lowest BCUT2D eigenvalue weighted by Gasteiger charge is -2.08. The summed E-state index contributed by atoms with van der Waals surface area (Å²) in [6.07, 6.45) is 0. The number of nitrogens with zero attached hydrogens (tertiary/aromatic N) is 1. The molecule has 0 aliphatic carbocycles. The highest BCUT2D eigenvalue weighted by Gasteiger charge is 2.12. The number of hydrogen-bond acceptors (Lipinski definition) is 0. The van der Waals surface area contributed by atoms with Crippen LogP contribution in [0.2, 0.25) is 0 Å². The summed E-state index contributed by atoms with van der Waals surface area (Å²) in [6.45, 7) is 2.11. The van der Waals surface area contributed by atoms with E-state index in [1.165, 1.54) is 33.1 Å². The predicted molar refractivity (Wildman–Crippen MR) is 101 cm³/mol. The molecule has 0 saturated carbocycles. The minimum Gasteiger partial charge on any atom is -0.309 e. The summed E-state index contributed by atoms with van der Waals surface area (Å²) in [7, 11) is 0. The lowest BCUT2D eigenvalue weighted by molar-refractivity contribution is 1.17. The Hall–Kier alpha value is -1.58. The molecule has 0 saturated heterocycles. The topological polar surface area (TPSA) is 4.93 Å². The number of halogens is 2. The molecule has 3 heteroatoms. The molecule has 4 aromatic rings. The molecule has 0 spiro atoms. The first-order valence-electron chi connectivity index (χ1n) is 7.10. The first-order chi connectivity index (χ1) is 10.6. The molecule has 1 heterocycles. The van der Waals surface area contributed by atoms with Crippen LogP contribution in [0, 0.1) is 6.92 Å². The Bertz CT molecular complexity index is 938. The molecule has 0 radical (unpaired) electrons. The maximum absolute atomic E-state index is 3.60. The molecule has 0 amide bonds. The second-order valence-corrected chi connectivity index (χ2v) is 7.33. The number of benzene rings is 3. The van der Waals surface area contributed by atoms with E-state index < -0.39 is 0 Å². The summed E-state index contributed by atoms with van der Waals surface area (Å²) >= 11 is 7.20. The average molecular weight is 415 g/mol. The van der Waals surface area contributed by atoms with Crippen LogP contribution in [0.15, 0.2) is 69.6 Å². The molecule has 0 bridgehead atoms. The minimum atomic E-state index is 1.09. The highest BCUT2D eigenvalue weighted by molar-refractivity contribution is 9.10. The lowest BCUT2D eigenvalue weighted by Crippen LogP contribution is -1.93. The first-order valence-corrected chi connectivity index (χ1v) is 8.68. The molecule has 0 unspecified atom stereocenters. The maximum atomic E-state index is 3.60. The third-order valence-electron chi connectivity index (χ3n) is 3.98. The summed E-state index contributed by atoms with van der Waals surface area (Å²) in [6, 6.07) is 21.6. The van der Waals surface area contributed by atoms with Gasteiger partial charge < -0.3 is 4.57 Å². The smallest absolute Gasteiger partial charge is 0.0552 e. The van der Waals surface area contributed by atoms with Gasteiger partial charge in [0, 0.05) is 25.4 Å². The Labute approximate surface area is 145 Å². The Kier molecular flexibility index (Phi) is 3.35. The standard InChI is InChI=1S/C19H13Br2N/c1-12-2-6-15(7-3-12)22-18-10-13(20)4-8-16(18)17-9-5-14(21)11-19(17)22/h2-11H,1H3. The molecular formula is C19H13Br2N. The minimum absolute atomic E-state index is 1.09. The highest BCUT2D eigenvalue weighted by atomic mass is 79.9. The summed E-state index contributed by atoms with van der Waals surface area (Å²) in [4.78, 5) is 0. The zero-order valence-electron chi connectivity index (χ0n) is 12.0. The van der Waals surface area contributed by atoms with Crippen molar-refractivity contribution in [3.63, 3.8) is 0 Å². The van der Waals surface area contributed by atoms with Gasteiger partial charge in [0.2, 0.25) is 0 Å². The van der Waals surface area contributed by atoms with E-state index >= 15 is 0 Å². The Morgan fingerprint density at radius 1 is 0.682 bits per heavy atom. The molecule has 0 aliphatic rings. The second-order valence-electron chi connectivity index (χ2n) is 5.49. The van der Waals surface area contributed by atoms with Crippen molar-refractivity contribution in [2.75, 3.05) is 0 Å². The van der Waals surface area contributed by atoms with E-state index in [-0.39, 0.29) is 0 Å². The van der Waals surface area contributed by atoms with Crippen LogP contribution in [0.3, 0.4) is 0 Å². The van der Waals surface area contributed by atoms with Gasteiger partial charge in [-0.1, -0.05) is 61.7 Å². The van der Waals surface area contributed by atoms with Gasteiger partial charge >= 0.3 is 0 Å². The third-order valence-corrected chi connectivity index (χ3v) is 4.97. The van der Waals surface area contributed by atoms with Crippen molar-refractivity contribution in [2.45, 2.75) is 6.92 Å². The van der Waals surface area contributed by atoms with Gasteiger partial charge in [-0.2, -0.15) is 0 Å². The van der Waals surface area contributed by atoms with E-state index in [9.17, 15) is 0 Å². The van der Waals surface area contributed by atoms with Gasteiger partial charge in [0.1, 0.15) is 0 Å². The zero-order valence-corrected chi connectivity index (χ0v) is 15.1. The second kappa shape index (κ2) is 5.25. The monoisotopic (exact) mass is 413 g/mol. The predicted octanol–water partition coefficient (Wildman–Crippen LogP) is 6.62. The van der Waals surface area contributed by atoms with Crippen molar-refractivity contribution in [3.05, 3.63) is 75.2 Å². The van der Waals surface area contributed by atoms with Gasteiger partial charge in [-0.3, -0.25) is 0 Å². The van der Waals surface area contributed by atoms with E-state index in [1.807, 2.05) is 0 Å². The Morgan fingerprint density at radius 2 is 1.18 bits per heavy atom. The summed E-state index contributed by atoms with van der Waals surface area (Å²) in [5.74, 6) is 0. The Balaban J connectivity index is 2.19. The maximum Gasteiger partial charge on any atom is 0.0552 e. The average Bonchev–Trinajstić information content (AvgIpc) is 2.80. The third kappa shape index (κ3) is 2.20. The van der Waals surface area contributed by atoms with E-state index in [0.717, 1.165) is 8.95 Å². The quantitative estimate of drug-likeness (QED) is 0.330. The van der Waals surface area contributed by atoms with Crippen LogP contribution in [0.5, 0.6) is 0 Å². The van der Waals surface area contributed by atoms with E-state index in [2.05, 4.69) is 104 Å². The molecule has 1 nitrogen and oxygen atoms in total.